The smallest absolute Gasteiger partial charge is 0.234 e. The average molecular weight is 373 g/mol. The third kappa shape index (κ3) is 2.82. The van der Waals surface area contributed by atoms with Crippen molar-refractivity contribution in [2.45, 2.75) is 11.9 Å². The normalized spacial score (nSPS) is 18.3. The number of hydrogen-bond donors (Lipinski definition) is 0. The molecular formula is C19H19NO5S. The quantitative estimate of drug-likeness (QED) is 0.802. The maximum atomic E-state index is 12.6. The standard InChI is InChI=1S/C19H19NO5S/c1-22-14-7-3-5-12(17(14)23-2)9-20-16(21)10-26-19(20)13-6-4-8-15-18(13)25-11-24-15/h3-8,19H,9-11H2,1-2H3. The molecule has 0 saturated carbocycles. The lowest BCUT2D eigenvalue weighted by Gasteiger charge is -2.26. The summed E-state index contributed by atoms with van der Waals surface area (Å²) in [5.74, 6) is 3.26. The van der Waals surface area contributed by atoms with Gasteiger partial charge in [0.05, 0.1) is 26.5 Å². The second kappa shape index (κ2) is 6.99. The molecule has 2 aliphatic rings. The van der Waals surface area contributed by atoms with Crippen LogP contribution < -0.4 is 18.9 Å². The fraction of sp³-hybridized carbons (Fsp3) is 0.316. The summed E-state index contributed by atoms with van der Waals surface area (Å²) in [7, 11) is 3.21. The highest BCUT2D eigenvalue weighted by molar-refractivity contribution is 8.00. The monoisotopic (exact) mass is 373 g/mol. The van der Waals surface area contributed by atoms with E-state index >= 15 is 0 Å². The van der Waals surface area contributed by atoms with Crippen molar-refractivity contribution in [3.63, 3.8) is 0 Å². The Kier molecular flexibility index (Phi) is 4.55. The molecule has 136 valence electrons. The first-order valence-corrected chi connectivity index (χ1v) is 9.27. The van der Waals surface area contributed by atoms with E-state index in [4.69, 9.17) is 18.9 Å². The van der Waals surface area contributed by atoms with Gasteiger partial charge in [0.15, 0.2) is 23.0 Å². The minimum absolute atomic E-state index is 0.0846. The van der Waals surface area contributed by atoms with Gasteiger partial charge in [-0.2, -0.15) is 0 Å². The minimum atomic E-state index is -0.130. The SMILES string of the molecule is COc1cccc(CN2C(=O)CSC2c2cccc3c2OCO3)c1OC. The van der Waals surface area contributed by atoms with Gasteiger partial charge in [0.1, 0.15) is 5.37 Å². The van der Waals surface area contributed by atoms with Crippen molar-refractivity contribution in [3.05, 3.63) is 47.5 Å². The van der Waals surface area contributed by atoms with Crippen molar-refractivity contribution in [1.82, 2.24) is 4.90 Å². The van der Waals surface area contributed by atoms with E-state index in [-0.39, 0.29) is 18.1 Å². The van der Waals surface area contributed by atoms with Gasteiger partial charge in [0.2, 0.25) is 12.7 Å². The molecule has 1 amide bonds. The lowest BCUT2D eigenvalue weighted by atomic mass is 10.1. The number of ether oxygens (including phenoxy) is 4. The largest absolute Gasteiger partial charge is 0.493 e. The van der Waals surface area contributed by atoms with E-state index in [2.05, 4.69) is 0 Å². The van der Waals surface area contributed by atoms with Gasteiger partial charge in [-0.05, 0) is 12.1 Å². The van der Waals surface area contributed by atoms with Gasteiger partial charge >= 0.3 is 0 Å². The number of carbonyl (C=O) groups is 1. The Balaban J connectivity index is 1.68. The molecule has 2 aromatic carbocycles. The minimum Gasteiger partial charge on any atom is -0.493 e. The zero-order valence-electron chi connectivity index (χ0n) is 14.6. The molecule has 0 aliphatic carbocycles. The summed E-state index contributed by atoms with van der Waals surface area (Å²) in [5.41, 5.74) is 1.86. The van der Waals surface area contributed by atoms with Gasteiger partial charge in [0, 0.05) is 11.1 Å². The van der Waals surface area contributed by atoms with Crippen LogP contribution in [0.25, 0.3) is 0 Å². The van der Waals surface area contributed by atoms with Crippen LogP contribution in [-0.2, 0) is 11.3 Å². The molecule has 6 nitrogen and oxygen atoms in total. The van der Waals surface area contributed by atoms with Crippen LogP contribution in [0.5, 0.6) is 23.0 Å². The first-order valence-electron chi connectivity index (χ1n) is 8.22. The molecule has 2 aliphatic heterocycles. The predicted octanol–water partition coefficient (Wildman–Crippen LogP) is 3.21. The molecule has 2 aromatic rings. The summed E-state index contributed by atoms with van der Waals surface area (Å²) in [6.45, 7) is 0.642. The van der Waals surface area contributed by atoms with Gasteiger partial charge < -0.3 is 23.8 Å². The zero-order chi connectivity index (χ0) is 18.1. The topological polar surface area (TPSA) is 57.2 Å². The number of thioether (sulfide) groups is 1. The fourth-order valence-electron chi connectivity index (χ4n) is 3.29. The molecule has 0 N–H and O–H groups in total. The van der Waals surface area contributed by atoms with E-state index in [1.165, 1.54) is 0 Å². The molecule has 0 radical (unpaired) electrons. The van der Waals surface area contributed by atoms with Crippen molar-refractivity contribution in [2.24, 2.45) is 0 Å². The number of nitrogens with zero attached hydrogens (tertiary/aromatic N) is 1. The van der Waals surface area contributed by atoms with Gasteiger partial charge in [-0.3, -0.25) is 4.79 Å². The molecule has 7 heteroatoms. The molecule has 1 atom stereocenters. The van der Waals surface area contributed by atoms with Crippen LogP contribution >= 0.6 is 11.8 Å². The predicted molar refractivity (Wildman–Crippen MR) is 97.9 cm³/mol. The number of amides is 1. The van der Waals surface area contributed by atoms with Crippen LogP contribution in [0.15, 0.2) is 36.4 Å². The summed E-state index contributed by atoms with van der Waals surface area (Å²) in [6, 6.07) is 11.5. The van der Waals surface area contributed by atoms with Crippen LogP contribution in [0, 0.1) is 0 Å². The molecule has 0 spiro atoms. The van der Waals surface area contributed by atoms with Crippen molar-refractivity contribution in [2.75, 3.05) is 26.8 Å². The average Bonchev–Trinajstić information content (AvgIpc) is 3.28. The third-order valence-electron chi connectivity index (χ3n) is 4.49. The van der Waals surface area contributed by atoms with Crippen LogP contribution in [-0.4, -0.2) is 37.6 Å². The third-order valence-corrected chi connectivity index (χ3v) is 5.72. The molecule has 1 unspecified atom stereocenters. The number of para-hydroxylation sites is 2. The summed E-state index contributed by atoms with van der Waals surface area (Å²) in [6.07, 6.45) is 0. The van der Waals surface area contributed by atoms with E-state index in [0.29, 0.717) is 23.8 Å². The maximum absolute atomic E-state index is 12.6. The van der Waals surface area contributed by atoms with Crippen LogP contribution in [0.1, 0.15) is 16.5 Å². The lowest BCUT2D eigenvalue weighted by Crippen LogP contribution is -2.28. The first-order chi connectivity index (χ1) is 12.7. The van der Waals surface area contributed by atoms with Gasteiger partial charge in [-0.15, -0.1) is 11.8 Å². The van der Waals surface area contributed by atoms with Gasteiger partial charge in [0.25, 0.3) is 0 Å². The van der Waals surface area contributed by atoms with E-state index < -0.39 is 0 Å². The Morgan fingerprint density at radius 2 is 2.00 bits per heavy atom. The molecular weight excluding hydrogens is 354 g/mol. The number of benzene rings is 2. The molecule has 1 fully saturated rings. The fourth-order valence-corrected chi connectivity index (χ4v) is 4.50. The molecule has 26 heavy (non-hydrogen) atoms. The molecule has 4 rings (SSSR count). The Morgan fingerprint density at radius 1 is 1.15 bits per heavy atom. The van der Waals surface area contributed by atoms with Crippen molar-refractivity contribution < 1.29 is 23.7 Å². The molecule has 0 bridgehead atoms. The highest BCUT2D eigenvalue weighted by Gasteiger charge is 2.36. The molecule has 2 heterocycles. The Morgan fingerprint density at radius 3 is 2.81 bits per heavy atom. The van der Waals surface area contributed by atoms with Crippen LogP contribution in [0.3, 0.4) is 0 Å². The highest BCUT2D eigenvalue weighted by atomic mass is 32.2. The van der Waals surface area contributed by atoms with Crippen molar-refractivity contribution >= 4 is 17.7 Å². The second-order valence-electron chi connectivity index (χ2n) is 5.92. The summed E-state index contributed by atoms with van der Waals surface area (Å²) >= 11 is 1.59. The van der Waals surface area contributed by atoms with E-state index in [1.807, 2.05) is 41.3 Å². The zero-order valence-corrected chi connectivity index (χ0v) is 15.4. The number of rotatable bonds is 5. The first kappa shape index (κ1) is 16.9. The molecule has 0 aromatic heterocycles. The lowest BCUT2D eigenvalue weighted by molar-refractivity contribution is -0.128. The van der Waals surface area contributed by atoms with Crippen LogP contribution in [0.2, 0.25) is 0 Å². The number of fused-ring (bicyclic) bond motifs is 1. The van der Waals surface area contributed by atoms with Gasteiger partial charge in [-0.1, -0.05) is 24.3 Å². The van der Waals surface area contributed by atoms with Crippen molar-refractivity contribution in [1.29, 1.82) is 0 Å². The summed E-state index contributed by atoms with van der Waals surface area (Å²) < 4.78 is 22.0. The Hall–Kier alpha value is -2.54. The molecule has 1 saturated heterocycles. The maximum Gasteiger partial charge on any atom is 0.234 e. The number of carbonyl (C=O) groups excluding carboxylic acids is 1. The highest BCUT2D eigenvalue weighted by Crippen LogP contribution is 2.48. The summed E-state index contributed by atoms with van der Waals surface area (Å²) in [4.78, 5) is 14.4. The van der Waals surface area contributed by atoms with E-state index in [9.17, 15) is 4.79 Å². The van der Waals surface area contributed by atoms with Gasteiger partial charge in [-0.25, -0.2) is 0 Å². The Labute approximate surface area is 156 Å². The Bertz CT molecular complexity index is 841. The summed E-state index contributed by atoms with van der Waals surface area (Å²) in [5, 5.41) is -0.130. The van der Waals surface area contributed by atoms with Crippen molar-refractivity contribution in [3.8, 4) is 23.0 Å². The second-order valence-corrected chi connectivity index (χ2v) is 6.99. The van der Waals surface area contributed by atoms with Crippen LogP contribution in [0.4, 0.5) is 0 Å². The van der Waals surface area contributed by atoms with E-state index in [1.54, 1.807) is 26.0 Å². The number of hydrogen-bond acceptors (Lipinski definition) is 6. The number of methoxy groups -OCH3 is 2. The van der Waals surface area contributed by atoms with E-state index in [0.717, 1.165) is 22.6 Å².